The van der Waals surface area contributed by atoms with Crippen LogP contribution in [0.4, 0.5) is 0 Å². The SMILES string of the molecule is C(c1ccccc1)=c1c2cccc3cccc1c32. The Morgan fingerprint density at radius 1 is 0.611 bits per heavy atom. The molecule has 4 aromatic carbocycles. The first-order chi connectivity index (χ1) is 8.93. The third-order valence-corrected chi connectivity index (χ3v) is 3.60. The van der Waals surface area contributed by atoms with Gasteiger partial charge in [0, 0.05) is 0 Å². The molecule has 0 aliphatic carbocycles. The Morgan fingerprint density at radius 2 is 1.28 bits per heavy atom. The van der Waals surface area contributed by atoms with Crippen LogP contribution in [0.1, 0.15) is 5.56 Å². The minimum Gasteiger partial charge on any atom is -0.0622 e. The summed E-state index contributed by atoms with van der Waals surface area (Å²) >= 11 is 0. The Bertz CT molecular complexity index is 810. The van der Waals surface area contributed by atoms with Crippen LogP contribution >= 0.6 is 0 Å². The molecule has 0 amide bonds. The standard InChI is InChI=1S/C18H12/c1-2-6-13(7-3-1)12-17-15-10-4-8-14-9-5-11-16(17)18(14)15/h1-12H. The molecule has 0 heteroatoms. The molecule has 0 fully saturated rings. The summed E-state index contributed by atoms with van der Waals surface area (Å²) in [6.45, 7) is 0. The minimum atomic E-state index is 1.26. The molecule has 4 rings (SSSR count). The van der Waals surface area contributed by atoms with Gasteiger partial charge in [0.15, 0.2) is 0 Å². The highest BCUT2D eigenvalue weighted by Crippen LogP contribution is 2.27. The summed E-state index contributed by atoms with van der Waals surface area (Å²) in [6, 6.07) is 23.6. The molecule has 0 N–H and O–H groups in total. The molecule has 0 unspecified atom stereocenters. The Labute approximate surface area is 105 Å². The Hall–Kier alpha value is -2.34. The van der Waals surface area contributed by atoms with Crippen LogP contribution in [0.3, 0.4) is 0 Å². The maximum Gasteiger partial charge on any atom is -0.00264 e. The molecule has 0 atom stereocenters. The summed E-state index contributed by atoms with van der Waals surface area (Å²) in [4.78, 5) is 0. The largest absolute Gasteiger partial charge is 0.0622 e. The highest BCUT2D eigenvalue weighted by molar-refractivity contribution is 6.17. The van der Waals surface area contributed by atoms with Gasteiger partial charge in [0.05, 0.1) is 0 Å². The number of hydrogen-bond donors (Lipinski definition) is 0. The van der Waals surface area contributed by atoms with E-state index >= 15 is 0 Å². The smallest absolute Gasteiger partial charge is 0.00264 e. The maximum absolute atomic E-state index is 2.27. The fourth-order valence-electron chi connectivity index (χ4n) is 2.74. The summed E-state index contributed by atoms with van der Waals surface area (Å²) in [5.74, 6) is 0. The third-order valence-electron chi connectivity index (χ3n) is 3.60. The van der Waals surface area contributed by atoms with Crippen molar-refractivity contribution in [3.05, 3.63) is 77.5 Å². The van der Waals surface area contributed by atoms with Crippen LogP contribution in [0, 0.1) is 0 Å². The Kier molecular flexibility index (Phi) is 1.92. The van der Waals surface area contributed by atoms with E-state index in [-0.39, 0.29) is 0 Å². The molecule has 84 valence electrons. The molecule has 0 nitrogen and oxygen atoms in total. The highest BCUT2D eigenvalue weighted by atomic mass is 14.1. The zero-order valence-corrected chi connectivity index (χ0v) is 9.93. The average Bonchev–Trinajstić information content (AvgIpc) is 2.45. The van der Waals surface area contributed by atoms with E-state index in [1.165, 1.54) is 32.3 Å². The van der Waals surface area contributed by atoms with E-state index in [2.05, 4.69) is 72.8 Å². The first-order valence-corrected chi connectivity index (χ1v) is 6.23. The van der Waals surface area contributed by atoms with Crippen LogP contribution in [0.15, 0.2) is 66.7 Å². The second kappa shape index (κ2) is 3.58. The van der Waals surface area contributed by atoms with Crippen molar-refractivity contribution in [3.63, 3.8) is 0 Å². The third kappa shape index (κ3) is 1.26. The van der Waals surface area contributed by atoms with E-state index in [1.807, 2.05) is 0 Å². The molecule has 0 radical (unpaired) electrons. The van der Waals surface area contributed by atoms with Crippen molar-refractivity contribution >= 4 is 27.6 Å². The topological polar surface area (TPSA) is 0 Å². The number of benzene rings is 3. The van der Waals surface area contributed by atoms with Gasteiger partial charge in [-0.15, -0.1) is 0 Å². The van der Waals surface area contributed by atoms with Gasteiger partial charge >= 0.3 is 0 Å². The van der Waals surface area contributed by atoms with Gasteiger partial charge in [-0.3, -0.25) is 0 Å². The molecular formula is C18H12. The molecule has 4 aromatic rings. The zero-order chi connectivity index (χ0) is 11.9. The summed E-state index contributed by atoms with van der Waals surface area (Å²) in [5.41, 5.74) is 1.26. The van der Waals surface area contributed by atoms with Gasteiger partial charge in [0.25, 0.3) is 0 Å². The molecule has 0 heterocycles. The molecule has 0 spiro atoms. The van der Waals surface area contributed by atoms with Crippen LogP contribution in [0.5, 0.6) is 0 Å². The molecular weight excluding hydrogens is 216 g/mol. The highest BCUT2D eigenvalue weighted by Gasteiger charge is 2.09. The molecule has 0 aliphatic rings. The lowest BCUT2D eigenvalue weighted by Gasteiger charge is -2.12. The maximum atomic E-state index is 2.27. The monoisotopic (exact) mass is 228 g/mol. The minimum absolute atomic E-state index is 1.26. The van der Waals surface area contributed by atoms with Gasteiger partial charge in [0.2, 0.25) is 0 Å². The second-order valence-corrected chi connectivity index (χ2v) is 4.68. The lowest BCUT2D eigenvalue weighted by Crippen LogP contribution is -2.10. The van der Waals surface area contributed by atoms with Crippen molar-refractivity contribution in [2.75, 3.05) is 0 Å². The van der Waals surface area contributed by atoms with Gasteiger partial charge in [-0.25, -0.2) is 0 Å². The predicted molar refractivity (Wildman–Crippen MR) is 77.9 cm³/mol. The zero-order valence-electron chi connectivity index (χ0n) is 9.93. The van der Waals surface area contributed by atoms with Gasteiger partial charge < -0.3 is 0 Å². The molecule has 0 aromatic heterocycles. The Balaban J connectivity index is 2.07. The van der Waals surface area contributed by atoms with E-state index < -0.39 is 0 Å². The van der Waals surface area contributed by atoms with E-state index in [0.717, 1.165) is 0 Å². The van der Waals surface area contributed by atoms with Crippen LogP contribution in [-0.4, -0.2) is 0 Å². The summed E-state index contributed by atoms with van der Waals surface area (Å²) in [5, 5.41) is 6.89. The fourth-order valence-corrected chi connectivity index (χ4v) is 2.74. The van der Waals surface area contributed by atoms with Gasteiger partial charge in [-0.05, 0) is 38.4 Å². The van der Waals surface area contributed by atoms with Crippen LogP contribution in [-0.2, 0) is 0 Å². The first-order valence-electron chi connectivity index (χ1n) is 6.23. The quantitative estimate of drug-likeness (QED) is 0.462. The Morgan fingerprint density at radius 3 is 1.94 bits per heavy atom. The molecule has 0 saturated heterocycles. The van der Waals surface area contributed by atoms with Crippen molar-refractivity contribution in [1.82, 2.24) is 0 Å². The van der Waals surface area contributed by atoms with Crippen LogP contribution in [0.2, 0.25) is 0 Å². The second-order valence-electron chi connectivity index (χ2n) is 4.68. The molecule has 0 aliphatic heterocycles. The summed E-state index contributed by atoms with van der Waals surface area (Å²) in [6.07, 6.45) is 2.27. The molecule has 18 heavy (non-hydrogen) atoms. The van der Waals surface area contributed by atoms with Crippen molar-refractivity contribution in [2.45, 2.75) is 0 Å². The van der Waals surface area contributed by atoms with Crippen molar-refractivity contribution in [2.24, 2.45) is 0 Å². The van der Waals surface area contributed by atoms with Crippen molar-refractivity contribution in [3.8, 4) is 0 Å². The van der Waals surface area contributed by atoms with Gasteiger partial charge in [-0.1, -0.05) is 66.7 Å². The summed E-state index contributed by atoms with van der Waals surface area (Å²) in [7, 11) is 0. The predicted octanol–water partition coefficient (Wildman–Crippen LogP) is 3.98. The number of rotatable bonds is 1. The van der Waals surface area contributed by atoms with Crippen LogP contribution in [0.25, 0.3) is 27.6 Å². The van der Waals surface area contributed by atoms with Crippen molar-refractivity contribution < 1.29 is 0 Å². The summed E-state index contributed by atoms with van der Waals surface area (Å²) < 4.78 is 0. The van der Waals surface area contributed by atoms with Crippen molar-refractivity contribution in [1.29, 1.82) is 0 Å². The average molecular weight is 228 g/mol. The van der Waals surface area contributed by atoms with E-state index in [4.69, 9.17) is 0 Å². The lowest BCUT2D eigenvalue weighted by molar-refractivity contribution is 1.63. The molecule has 0 bridgehead atoms. The first kappa shape index (κ1) is 9.67. The van der Waals surface area contributed by atoms with Crippen LogP contribution < -0.4 is 5.22 Å². The fraction of sp³-hybridized carbons (Fsp3) is 0. The van der Waals surface area contributed by atoms with Gasteiger partial charge in [-0.2, -0.15) is 0 Å². The van der Waals surface area contributed by atoms with E-state index in [0.29, 0.717) is 0 Å². The van der Waals surface area contributed by atoms with Gasteiger partial charge in [0.1, 0.15) is 0 Å². The van der Waals surface area contributed by atoms with E-state index in [9.17, 15) is 0 Å². The molecule has 0 saturated carbocycles. The normalized spacial score (nSPS) is 11.3. The van der Waals surface area contributed by atoms with E-state index in [1.54, 1.807) is 0 Å². The number of hydrogen-bond acceptors (Lipinski definition) is 0. The lowest BCUT2D eigenvalue weighted by atomic mass is 9.92.